The molecule has 13 heavy (non-hydrogen) atoms. The Morgan fingerprint density at radius 3 is 2.69 bits per heavy atom. The van der Waals surface area contributed by atoms with Crippen LogP contribution in [-0.2, 0) is 0 Å². The number of ketones is 1. The number of nitrogens with one attached hydrogen (secondary N) is 1. The van der Waals surface area contributed by atoms with E-state index in [9.17, 15) is 4.79 Å². The van der Waals surface area contributed by atoms with Crippen LogP contribution in [0.5, 0.6) is 0 Å². The van der Waals surface area contributed by atoms with Gasteiger partial charge < -0.3 is 5.73 Å². The van der Waals surface area contributed by atoms with Crippen molar-refractivity contribution in [2.24, 2.45) is 5.73 Å². The molecule has 0 atom stereocenters. The van der Waals surface area contributed by atoms with Gasteiger partial charge in [-0.3, -0.25) is 9.89 Å². The van der Waals surface area contributed by atoms with Crippen molar-refractivity contribution < 1.29 is 4.79 Å². The van der Waals surface area contributed by atoms with Gasteiger partial charge in [0.05, 0.1) is 0 Å². The number of aromatic amines is 1. The van der Waals surface area contributed by atoms with Crippen LogP contribution in [0.1, 0.15) is 34.6 Å². The molecule has 1 aromatic rings. The summed E-state index contributed by atoms with van der Waals surface area (Å²) in [5.41, 5.74) is 7.78. The van der Waals surface area contributed by atoms with Gasteiger partial charge in [0.15, 0.2) is 5.78 Å². The highest BCUT2D eigenvalue weighted by Gasteiger charge is 2.13. The topological polar surface area (TPSA) is 71.8 Å². The predicted molar refractivity (Wildman–Crippen MR) is 50.7 cm³/mol. The van der Waals surface area contributed by atoms with Gasteiger partial charge in [-0.05, 0) is 26.8 Å². The van der Waals surface area contributed by atoms with Crippen molar-refractivity contribution in [1.82, 2.24) is 10.2 Å². The highest BCUT2D eigenvalue weighted by atomic mass is 16.1. The quantitative estimate of drug-likeness (QED) is 0.679. The molecule has 0 aliphatic heterocycles. The third-order valence-electron chi connectivity index (χ3n) is 2.13. The molecule has 0 bridgehead atoms. The number of hydrogen-bond acceptors (Lipinski definition) is 3. The van der Waals surface area contributed by atoms with Crippen molar-refractivity contribution >= 4 is 5.78 Å². The number of aromatic nitrogens is 2. The molecule has 0 aliphatic rings. The highest BCUT2D eigenvalue weighted by molar-refractivity contribution is 5.95. The average Bonchev–Trinajstić information content (AvgIpc) is 2.44. The van der Waals surface area contributed by atoms with Crippen LogP contribution in [0.25, 0.3) is 0 Å². The average molecular weight is 181 g/mol. The van der Waals surface area contributed by atoms with Crippen LogP contribution in [0, 0.1) is 13.8 Å². The van der Waals surface area contributed by atoms with Crippen LogP contribution in [0.3, 0.4) is 0 Å². The molecule has 72 valence electrons. The van der Waals surface area contributed by atoms with Crippen molar-refractivity contribution in [3.05, 3.63) is 17.0 Å². The van der Waals surface area contributed by atoms with Crippen molar-refractivity contribution in [2.45, 2.75) is 26.7 Å². The Morgan fingerprint density at radius 2 is 2.23 bits per heavy atom. The zero-order valence-electron chi connectivity index (χ0n) is 8.05. The lowest BCUT2D eigenvalue weighted by atomic mass is 10.1. The second-order valence-corrected chi connectivity index (χ2v) is 3.14. The van der Waals surface area contributed by atoms with Gasteiger partial charge in [0, 0.05) is 17.7 Å². The van der Waals surface area contributed by atoms with Crippen LogP contribution >= 0.6 is 0 Å². The van der Waals surface area contributed by atoms with Crippen molar-refractivity contribution in [1.29, 1.82) is 0 Å². The largest absolute Gasteiger partial charge is 0.330 e. The van der Waals surface area contributed by atoms with E-state index in [4.69, 9.17) is 5.73 Å². The molecular weight excluding hydrogens is 166 g/mol. The van der Waals surface area contributed by atoms with Gasteiger partial charge in [-0.1, -0.05) is 0 Å². The molecule has 1 heterocycles. The number of aryl methyl sites for hydroxylation is 1. The second kappa shape index (κ2) is 4.18. The Balaban J connectivity index is 2.71. The van der Waals surface area contributed by atoms with Gasteiger partial charge in [-0.2, -0.15) is 5.10 Å². The van der Waals surface area contributed by atoms with Gasteiger partial charge in [0.2, 0.25) is 0 Å². The predicted octanol–water partition coefficient (Wildman–Crippen LogP) is 0.948. The fourth-order valence-electron chi connectivity index (χ4n) is 1.14. The number of carbonyl (C=O) groups excluding carboxylic acids is 1. The first-order valence-corrected chi connectivity index (χ1v) is 4.41. The van der Waals surface area contributed by atoms with E-state index in [0.29, 0.717) is 18.7 Å². The number of hydrogen-bond donors (Lipinski definition) is 2. The maximum absolute atomic E-state index is 11.5. The number of rotatable bonds is 4. The minimum atomic E-state index is 0.0762. The van der Waals surface area contributed by atoms with E-state index in [2.05, 4.69) is 10.2 Å². The monoisotopic (exact) mass is 181 g/mol. The summed E-state index contributed by atoms with van der Waals surface area (Å²) in [6, 6.07) is 0. The molecular formula is C9H15N3O. The molecule has 4 nitrogen and oxygen atoms in total. The summed E-state index contributed by atoms with van der Waals surface area (Å²) >= 11 is 0. The molecule has 0 saturated carbocycles. The molecule has 1 aromatic heterocycles. The standard InChI is InChI=1S/C9H15N3O/c1-6-7(2)11-12-9(6)8(13)4-3-5-10/h3-5,10H2,1-2H3,(H,11,12). The first kappa shape index (κ1) is 9.92. The molecule has 0 unspecified atom stereocenters. The van der Waals surface area contributed by atoms with Crippen LogP contribution < -0.4 is 5.73 Å². The molecule has 0 radical (unpaired) electrons. The molecule has 0 spiro atoms. The summed E-state index contributed by atoms with van der Waals surface area (Å²) in [6.45, 7) is 4.35. The summed E-state index contributed by atoms with van der Waals surface area (Å²) in [6.07, 6.45) is 1.21. The minimum Gasteiger partial charge on any atom is -0.330 e. The first-order chi connectivity index (χ1) is 6.16. The fraction of sp³-hybridized carbons (Fsp3) is 0.556. The maximum Gasteiger partial charge on any atom is 0.183 e. The zero-order chi connectivity index (χ0) is 9.84. The maximum atomic E-state index is 11.5. The highest BCUT2D eigenvalue weighted by Crippen LogP contribution is 2.11. The van der Waals surface area contributed by atoms with Crippen LogP contribution in [0.2, 0.25) is 0 Å². The van der Waals surface area contributed by atoms with Crippen LogP contribution in [-0.4, -0.2) is 22.5 Å². The van der Waals surface area contributed by atoms with Crippen molar-refractivity contribution in [3.8, 4) is 0 Å². The Labute approximate surface area is 77.5 Å². The smallest absolute Gasteiger partial charge is 0.183 e. The van der Waals surface area contributed by atoms with Gasteiger partial charge in [0.25, 0.3) is 0 Å². The molecule has 4 heteroatoms. The van der Waals surface area contributed by atoms with Gasteiger partial charge in [-0.15, -0.1) is 0 Å². The third-order valence-corrected chi connectivity index (χ3v) is 2.13. The molecule has 0 saturated heterocycles. The number of Topliss-reactive ketones (excluding diaryl/α,β-unsaturated/α-hetero) is 1. The second-order valence-electron chi connectivity index (χ2n) is 3.14. The summed E-state index contributed by atoms with van der Waals surface area (Å²) in [4.78, 5) is 11.5. The molecule has 0 fully saturated rings. The van der Waals surface area contributed by atoms with Crippen molar-refractivity contribution in [2.75, 3.05) is 6.54 Å². The molecule has 0 aromatic carbocycles. The Morgan fingerprint density at radius 1 is 1.54 bits per heavy atom. The number of carbonyl (C=O) groups is 1. The van der Waals surface area contributed by atoms with E-state index in [1.54, 1.807) is 0 Å². The summed E-state index contributed by atoms with van der Waals surface area (Å²) in [5, 5.41) is 6.74. The van der Waals surface area contributed by atoms with Crippen LogP contribution in [0.4, 0.5) is 0 Å². The van der Waals surface area contributed by atoms with Gasteiger partial charge >= 0.3 is 0 Å². The fourth-order valence-corrected chi connectivity index (χ4v) is 1.14. The molecule has 3 N–H and O–H groups in total. The van der Waals surface area contributed by atoms with E-state index in [0.717, 1.165) is 17.7 Å². The number of nitrogens with two attached hydrogens (primary N) is 1. The lowest BCUT2D eigenvalue weighted by molar-refractivity contribution is 0.0975. The molecule has 0 aliphatic carbocycles. The summed E-state index contributed by atoms with van der Waals surface area (Å²) in [5.74, 6) is 0.0762. The lowest BCUT2D eigenvalue weighted by Gasteiger charge is -1.96. The van der Waals surface area contributed by atoms with E-state index in [-0.39, 0.29) is 5.78 Å². The Kier molecular flexibility index (Phi) is 3.19. The summed E-state index contributed by atoms with van der Waals surface area (Å²) in [7, 11) is 0. The third kappa shape index (κ3) is 2.15. The molecule has 1 rings (SSSR count). The number of H-pyrrole nitrogens is 1. The normalized spacial score (nSPS) is 10.4. The number of nitrogens with zero attached hydrogens (tertiary/aromatic N) is 1. The Hall–Kier alpha value is -1.16. The Bertz CT molecular complexity index is 304. The SMILES string of the molecule is Cc1[nH]nc(C(=O)CCCN)c1C. The van der Waals surface area contributed by atoms with Crippen LogP contribution in [0.15, 0.2) is 0 Å². The summed E-state index contributed by atoms with van der Waals surface area (Å²) < 4.78 is 0. The van der Waals surface area contributed by atoms with E-state index in [1.807, 2.05) is 13.8 Å². The van der Waals surface area contributed by atoms with Gasteiger partial charge in [0.1, 0.15) is 5.69 Å². The van der Waals surface area contributed by atoms with Gasteiger partial charge in [-0.25, -0.2) is 0 Å². The van der Waals surface area contributed by atoms with Crippen molar-refractivity contribution in [3.63, 3.8) is 0 Å². The molecule has 0 amide bonds. The lowest BCUT2D eigenvalue weighted by Crippen LogP contribution is -2.06. The van der Waals surface area contributed by atoms with E-state index < -0.39 is 0 Å². The first-order valence-electron chi connectivity index (χ1n) is 4.41. The zero-order valence-corrected chi connectivity index (χ0v) is 8.05. The van der Waals surface area contributed by atoms with E-state index >= 15 is 0 Å². The minimum absolute atomic E-state index is 0.0762. The van der Waals surface area contributed by atoms with E-state index in [1.165, 1.54) is 0 Å².